The van der Waals surface area contributed by atoms with Gasteiger partial charge in [0.1, 0.15) is 0 Å². The van der Waals surface area contributed by atoms with Gasteiger partial charge < -0.3 is 15.0 Å². The fraction of sp³-hybridized carbons (Fsp3) is 0.533. The minimum Gasteiger partial charge on any atom is -0.382 e. The quantitative estimate of drug-likeness (QED) is 0.289. The van der Waals surface area contributed by atoms with Crippen LogP contribution in [0.2, 0.25) is 10.0 Å². The average molecular weight is 460 g/mol. The van der Waals surface area contributed by atoms with Crippen molar-refractivity contribution in [3.63, 3.8) is 0 Å². The average Bonchev–Trinajstić information content (AvgIpc) is 2.46. The Morgan fingerprint density at radius 1 is 1.32 bits per heavy atom. The molecule has 1 rings (SSSR count). The fourth-order valence-electron chi connectivity index (χ4n) is 1.89. The standard InChI is InChI=1S/C15H23Cl2N3O.HI/c1-4-21-9-5-8-19-15(18-2)20(3)11-12-6-7-13(16)14(17)10-12;/h6-7,10H,4-5,8-9,11H2,1-3H3,(H,18,19);1H. The molecule has 0 atom stereocenters. The summed E-state index contributed by atoms with van der Waals surface area (Å²) < 4.78 is 5.31. The van der Waals surface area contributed by atoms with Crippen LogP contribution in [0.1, 0.15) is 18.9 Å². The van der Waals surface area contributed by atoms with Gasteiger partial charge in [-0.05, 0) is 31.0 Å². The zero-order valence-corrected chi connectivity index (χ0v) is 17.1. The Morgan fingerprint density at radius 3 is 2.64 bits per heavy atom. The van der Waals surface area contributed by atoms with Gasteiger partial charge in [-0.1, -0.05) is 29.3 Å². The van der Waals surface area contributed by atoms with E-state index >= 15 is 0 Å². The number of hydrogen-bond acceptors (Lipinski definition) is 2. The van der Waals surface area contributed by atoms with Crippen LogP contribution in [0.25, 0.3) is 0 Å². The molecule has 1 N–H and O–H groups in total. The van der Waals surface area contributed by atoms with Gasteiger partial charge in [-0.2, -0.15) is 0 Å². The normalized spacial score (nSPS) is 11.0. The summed E-state index contributed by atoms with van der Waals surface area (Å²) in [5, 5.41) is 4.45. The summed E-state index contributed by atoms with van der Waals surface area (Å²) in [6.07, 6.45) is 0.952. The first kappa shape index (κ1) is 21.8. The highest BCUT2D eigenvalue weighted by Gasteiger charge is 2.07. The summed E-state index contributed by atoms with van der Waals surface area (Å²) >= 11 is 12.0. The Balaban J connectivity index is 0.00000441. The zero-order chi connectivity index (χ0) is 15.7. The number of rotatable bonds is 7. The summed E-state index contributed by atoms with van der Waals surface area (Å²) in [7, 11) is 3.76. The van der Waals surface area contributed by atoms with Gasteiger partial charge in [0.15, 0.2) is 5.96 Å². The molecule has 1 aromatic rings. The molecule has 0 aromatic heterocycles. The maximum Gasteiger partial charge on any atom is 0.193 e. The lowest BCUT2D eigenvalue weighted by molar-refractivity contribution is 0.145. The van der Waals surface area contributed by atoms with Gasteiger partial charge in [0.25, 0.3) is 0 Å². The topological polar surface area (TPSA) is 36.9 Å². The lowest BCUT2D eigenvalue weighted by atomic mass is 10.2. The number of aliphatic imine (C=N–C) groups is 1. The third-order valence-electron chi connectivity index (χ3n) is 2.93. The van der Waals surface area contributed by atoms with E-state index in [1.807, 2.05) is 37.1 Å². The highest BCUT2D eigenvalue weighted by Crippen LogP contribution is 2.23. The number of hydrogen-bond donors (Lipinski definition) is 1. The predicted molar refractivity (Wildman–Crippen MR) is 106 cm³/mol. The van der Waals surface area contributed by atoms with E-state index in [0.717, 1.165) is 37.7 Å². The van der Waals surface area contributed by atoms with Crippen LogP contribution in [0.4, 0.5) is 0 Å². The fourth-order valence-corrected chi connectivity index (χ4v) is 2.21. The first-order valence-corrected chi connectivity index (χ1v) is 7.77. The van der Waals surface area contributed by atoms with Gasteiger partial charge in [0.2, 0.25) is 0 Å². The van der Waals surface area contributed by atoms with Crippen LogP contribution in [0, 0.1) is 0 Å². The Kier molecular flexibility index (Phi) is 12.1. The van der Waals surface area contributed by atoms with E-state index in [0.29, 0.717) is 16.6 Å². The van der Waals surface area contributed by atoms with E-state index in [1.165, 1.54) is 0 Å². The maximum absolute atomic E-state index is 6.03. The van der Waals surface area contributed by atoms with Gasteiger partial charge >= 0.3 is 0 Å². The number of nitrogens with zero attached hydrogens (tertiary/aromatic N) is 2. The number of benzene rings is 1. The van der Waals surface area contributed by atoms with Gasteiger partial charge in [-0.25, -0.2) is 0 Å². The van der Waals surface area contributed by atoms with Crippen LogP contribution in [0.15, 0.2) is 23.2 Å². The highest BCUT2D eigenvalue weighted by atomic mass is 127. The second-order valence-corrected chi connectivity index (χ2v) is 5.44. The van der Waals surface area contributed by atoms with E-state index in [1.54, 1.807) is 7.05 Å². The third-order valence-corrected chi connectivity index (χ3v) is 3.67. The first-order chi connectivity index (χ1) is 10.1. The smallest absolute Gasteiger partial charge is 0.193 e. The van der Waals surface area contributed by atoms with Crippen molar-refractivity contribution in [1.29, 1.82) is 0 Å². The van der Waals surface area contributed by atoms with E-state index in [-0.39, 0.29) is 24.0 Å². The van der Waals surface area contributed by atoms with Crippen molar-refractivity contribution >= 4 is 53.1 Å². The number of nitrogens with one attached hydrogen (secondary N) is 1. The molecule has 0 fully saturated rings. The van der Waals surface area contributed by atoms with Gasteiger partial charge in [-0.3, -0.25) is 4.99 Å². The molecule has 0 unspecified atom stereocenters. The van der Waals surface area contributed by atoms with E-state index in [9.17, 15) is 0 Å². The van der Waals surface area contributed by atoms with Gasteiger partial charge in [-0.15, -0.1) is 24.0 Å². The molecular formula is C15H24Cl2IN3O. The SMILES string of the molecule is CCOCCCNC(=NC)N(C)Cc1ccc(Cl)c(Cl)c1.I. The molecule has 0 amide bonds. The van der Waals surface area contributed by atoms with Crippen molar-refractivity contribution in [3.8, 4) is 0 Å². The third kappa shape index (κ3) is 7.85. The molecule has 7 heteroatoms. The maximum atomic E-state index is 6.03. The van der Waals surface area contributed by atoms with Crippen LogP contribution in [0.3, 0.4) is 0 Å². The molecule has 4 nitrogen and oxygen atoms in total. The molecule has 0 saturated carbocycles. The van der Waals surface area contributed by atoms with Crippen molar-refractivity contribution in [2.24, 2.45) is 4.99 Å². The molecule has 0 aliphatic carbocycles. The number of guanidine groups is 1. The molecule has 22 heavy (non-hydrogen) atoms. The predicted octanol–water partition coefficient (Wildman–Crippen LogP) is 4.05. The number of ether oxygens (including phenoxy) is 1. The van der Waals surface area contributed by atoms with E-state index in [4.69, 9.17) is 27.9 Å². The van der Waals surface area contributed by atoms with Crippen molar-refractivity contribution in [1.82, 2.24) is 10.2 Å². The van der Waals surface area contributed by atoms with E-state index in [2.05, 4.69) is 10.3 Å². The van der Waals surface area contributed by atoms with Gasteiger partial charge in [0.05, 0.1) is 10.0 Å². The van der Waals surface area contributed by atoms with Crippen molar-refractivity contribution in [2.75, 3.05) is 33.9 Å². The Labute approximate surface area is 160 Å². The summed E-state index contributed by atoms with van der Waals surface area (Å²) in [5.41, 5.74) is 1.09. The van der Waals surface area contributed by atoms with Crippen LogP contribution in [0.5, 0.6) is 0 Å². The molecule has 0 heterocycles. The molecule has 0 aliphatic heterocycles. The van der Waals surface area contributed by atoms with Crippen molar-refractivity contribution in [2.45, 2.75) is 19.9 Å². The Bertz CT molecular complexity index is 472. The molecule has 0 radical (unpaired) electrons. The Hall–Kier alpha value is -0.240. The van der Waals surface area contributed by atoms with Crippen LogP contribution in [-0.2, 0) is 11.3 Å². The van der Waals surface area contributed by atoms with Crippen molar-refractivity contribution < 1.29 is 4.74 Å². The molecule has 0 bridgehead atoms. The Morgan fingerprint density at radius 2 is 2.05 bits per heavy atom. The molecule has 126 valence electrons. The molecule has 1 aromatic carbocycles. The molecule has 0 spiro atoms. The minimum atomic E-state index is 0. The lowest BCUT2D eigenvalue weighted by Crippen LogP contribution is -2.39. The van der Waals surface area contributed by atoms with Crippen LogP contribution < -0.4 is 5.32 Å². The zero-order valence-electron chi connectivity index (χ0n) is 13.2. The van der Waals surface area contributed by atoms with Crippen LogP contribution in [-0.4, -0.2) is 44.7 Å². The first-order valence-electron chi connectivity index (χ1n) is 7.02. The lowest BCUT2D eigenvalue weighted by Gasteiger charge is -2.22. The summed E-state index contributed by atoms with van der Waals surface area (Å²) in [4.78, 5) is 6.32. The highest BCUT2D eigenvalue weighted by molar-refractivity contribution is 14.0. The largest absolute Gasteiger partial charge is 0.382 e. The molecular weight excluding hydrogens is 436 g/mol. The van der Waals surface area contributed by atoms with Crippen molar-refractivity contribution in [3.05, 3.63) is 33.8 Å². The monoisotopic (exact) mass is 459 g/mol. The molecule has 0 aliphatic rings. The van der Waals surface area contributed by atoms with Gasteiger partial charge in [0, 0.05) is 40.4 Å². The summed E-state index contributed by atoms with van der Waals surface area (Å²) in [6, 6.07) is 5.65. The second-order valence-electron chi connectivity index (χ2n) is 4.63. The molecule has 0 saturated heterocycles. The van der Waals surface area contributed by atoms with E-state index < -0.39 is 0 Å². The summed E-state index contributed by atoms with van der Waals surface area (Å²) in [6.45, 7) is 5.06. The second kappa shape index (κ2) is 12.2. The number of halogens is 3. The summed E-state index contributed by atoms with van der Waals surface area (Å²) in [5.74, 6) is 0.845. The minimum absolute atomic E-state index is 0. The van der Waals surface area contributed by atoms with Crippen LogP contribution >= 0.6 is 47.2 Å².